The Labute approximate surface area is 183 Å². The van der Waals surface area contributed by atoms with Crippen molar-refractivity contribution >= 4 is 11.8 Å². The number of nitrogens with zero attached hydrogens (tertiary/aromatic N) is 2. The number of hydrogen-bond acceptors (Lipinski definition) is 4. The Morgan fingerprint density at radius 2 is 1.75 bits per heavy atom. The second-order valence-corrected chi connectivity index (χ2v) is 7.05. The molecule has 8 heteroatoms. The van der Waals surface area contributed by atoms with Crippen molar-refractivity contribution in [1.82, 2.24) is 20.4 Å². The highest BCUT2D eigenvalue weighted by molar-refractivity contribution is 5.94. The molecule has 0 atom stereocenters. The summed E-state index contributed by atoms with van der Waals surface area (Å²) in [7, 11) is 0. The second-order valence-electron chi connectivity index (χ2n) is 7.05. The van der Waals surface area contributed by atoms with Gasteiger partial charge in [0.1, 0.15) is 17.2 Å². The molecule has 0 aliphatic heterocycles. The van der Waals surface area contributed by atoms with Gasteiger partial charge in [0, 0.05) is 19.2 Å². The molecule has 0 fully saturated rings. The minimum Gasteiger partial charge on any atom is -0.463 e. The van der Waals surface area contributed by atoms with Crippen LogP contribution in [0.5, 0.6) is 0 Å². The Kier molecular flexibility index (Phi) is 6.41. The first-order chi connectivity index (χ1) is 15.6. The van der Waals surface area contributed by atoms with Crippen molar-refractivity contribution in [2.45, 2.75) is 6.42 Å². The third kappa shape index (κ3) is 5.10. The number of hydrogen-bond donors (Lipinski definition) is 2. The number of halogens is 1. The molecule has 0 saturated carbocycles. The number of aromatic nitrogens is 2. The molecule has 0 aliphatic carbocycles. The summed E-state index contributed by atoms with van der Waals surface area (Å²) in [4.78, 5) is 24.9. The highest BCUT2D eigenvalue weighted by Crippen LogP contribution is 2.22. The van der Waals surface area contributed by atoms with E-state index in [2.05, 4.69) is 15.7 Å². The molecule has 4 aromatic rings. The van der Waals surface area contributed by atoms with Crippen molar-refractivity contribution in [3.63, 3.8) is 0 Å². The predicted octanol–water partition coefficient (Wildman–Crippen LogP) is 3.36. The first kappa shape index (κ1) is 21.0. The summed E-state index contributed by atoms with van der Waals surface area (Å²) in [6.45, 7) is 0.466. The number of carbonyl (C=O) groups excluding carboxylic acids is 2. The number of rotatable bonds is 8. The summed E-state index contributed by atoms with van der Waals surface area (Å²) in [5.41, 5.74) is 2.20. The van der Waals surface area contributed by atoms with Crippen LogP contribution in [0, 0.1) is 5.82 Å². The molecule has 0 radical (unpaired) electrons. The highest BCUT2D eigenvalue weighted by Gasteiger charge is 2.18. The van der Waals surface area contributed by atoms with Crippen molar-refractivity contribution < 1.29 is 18.4 Å². The maximum absolute atomic E-state index is 13.2. The minimum atomic E-state index is -0.383. The van der Waals surface area contributed by atoms with Crippen LogP contribution in [0.15, 0.2) is 83.5 Å². The van der Waals surface area contributed by atoms with Gasteiger partial charge in [0.2, 0.25) is 5.91 Å². The van der Waals surface area contributed by atoms with Crippen LogP contribution in [-0.2, 0) is 11.2 Å². The smallest absolute Gasteiger partial charge is 0.270 e. The van der Waals surface area contributed by atoms with Gasteiger partial charge in [-0.15, -0.1) is 0 Å². The lowest BCUT2D eigenvalue weighted by atomic mass is 10.1. The number of nitrogens with one attached hydrogen (secondary N) is 2. The molecular formula is C24H21FN4O3. The van der Waals surface area contributed by atoms with Crippen LogP contribution in [0.4, 0.5) is 4.39 Å². The van der Waals surface area contributed by atoms with E-state index in [-0.39, 0.29) is 37.1 Å². The molecule has 162 valence electrons. The molecule has 2 amide bonds. The number of furan rings is 1. The largest absolute Gasteiger partial charge is 0.463 e. The van der Waals surface area contributed by atoms with Gasteiger partial charge in [-0.1, -0.05) is 30.3 Å². The zero-order chi connectivity index (χ0) is 22.3. The van der Waals surface area contributed by atoms with Crippen molar-refractivity contribution in [2.75, 3.05) is 13.1 Å². The fourth-order valence-electron chi connectivity index (χ4n) is 3.22. The van der Waals surface area contributed by atoms with Crippen LogP contribution < -0.4 is 10.6 Å². The predicted molar refractivity (Wildman–Crippen MR) is 117 cm³/mol. The summed E-state index contributed by atoms with van der Waals surface area (Å²) >= 11 is 0. The fourth-order valence-corrected chi connectivity index (χ4v) is 3.22. The van der Waals surface area contributed by atoms with E-state index in [0.717, 1.165) is 5.69 Å². The van der Waals surface area contributed by atoms with E-state index in [1.54, 1.807) is 41.3 Å². The topological polar surface area (TPSA) is 89.2 Å². The fraction of sp³-hybridized carbons (Fsp3) is 0.125. The van der Waals surface area contributed by atoms with Crippen molar-refractivity contribution in [1.29, 1.82) is 0 Å². The molecule has 7 nitrogen and oxygen atoms in total. The molecular weight excluding hydrogens is 411 g/mol. The van der Waals surface area contributed by atoms with Crippen LogP contribution in [0.2, 0.25) is 0 Å². The van der Waals surface area contributed by atoms with Gasteiger partial charge in [-0.2, -0.15) is 5.10 Å². The summed E-state index contributed by atoms with van der Waals surface area (Å²) in [5, 5.41) is 10.0. The lowest BCUT2D eigenvalue weighted by Gasteiger charge is -2.09. The lowest BCUT2D eigenvalue weighted by molar-refractivity contribution is -0.120. The molecule has 0 spiro atoms. The molecule has 2 N–H and O–H groups in total. The quantitative estimate of drug-likeness (QED) is 0.418. The molecule has 2 aromatic heterocycles. The Balaban J connectivity index is 1.38. The molecule has 0 bridgehead atoms. The van der Waals surface area contributed by atoms with Gasteiger partial charge in [-0.25, -0.2) is 9.07 Å². The summed E-state index contributed by atoms with van der Waals surface area (Å²) in [5.74, 6) is -0.414. The van der Waals surface area contributed by atoms with Gasteiger partial charge >= 0.3 is 0 Å². The van der Waals surface area contributed by atoms with E-state index < -0.39 is 0 Å². The Hall–Kier alpha value is -4.20. The van der Waals surface area contributed by atoms with Crippen LogP contribution >= 0.6 is 0 Å². The Morgan fingerprint density at radius 3 is 2.50 bits per heavy atom. The lowest BCUT2D eigenvalue weighted by Crippen LogP contribution is -2.36. The molecule has 32 heavy (non-hydrogen) atoms. The van der Waals surface area contributed by atoms with Crippen molar-refractivity contribution in [3.05, 3.63) is 96.1 Å². The minimum absolute atomic E-state index is 0.0684. The SMILES string of the molecule is O=C(Cc1cccc(F)c1)NCCNC(=O)c1cc(-c2ccco2)nn1-c1ccccc1. The molecule has 2 aromatic carbocycles. The Morgan fingerprint density at radius 1 is 0.938 bits per heavy atom. The average Bonchev–Trinajstić information content (AvgIpc) is 3.47. The van der Waals surface area contributed by atoms with Gasteiger partial charge in [0.25, 0.3) is 5.91 Å². The van der Waals surface area contributed by atoms with Crippen LogP contribution in [0.3, 0.4) is 0 Å². The number of benzene rings is 2. The zero-order valence-corrected chi connectivity index (χ0v) is 17.1. The van der Waals surface area contributed by atoms with E-state index in [4.69, 9.17) is 4.42 Å². The summed E-state index contributed by atoms with van der Waals surface area (Å²) in [6.07, 6.45) is 1.61. The zero-order valence-electron chi connectivity index (χ0n) is 17.1. The number of amides is 2. The summed E-state index contributed by atoms with van der Waals surface area (Å²) in [6, 6.07) is 20.4. The molecule has 0 aliphatic rings. The summed E-state index contributed by atoms with van der Waals surface area (Å²) < 4.78 is 20.2. The number of carbonyl (C=O) groups is 2. The first-order valence-electron chi connectivity index (χ1n) is 10.1. The van der Waals surface area contributed by atoms with E-state index in [0.29, 0.717) is 22.7 Å². The monoisotopic (exact) mass is 432 g/mol. The maximum atomic E-state index is 13.2. The first-order valence-corrected chi connectivity index (χ1v) is 10.1. The second kappa shape index (κ2) is 9.74. The standard InChI is InChI=1S/C24H21FN4O3/c25-18-7-4-6-17(14-18)15-23(30)26-11-12-27-24(31)21-16-20(22-10-5-13-32-22)28-29(21)19-8-2-1-3-9-19/h1-10,13-14,16H,11-12,15H2,(H,26,30)(H,27,31). The van der Waals surface area contributed by atoms with E-state index in [1.165, 1.54) is 12.1 Å². The van der Waals surface area contributed by atoms with Gasteiger partial charge in [-0.05, 0) is 42.0 Å². The van der Waals surface area contributed by atoms with Gasteiger partial charge < -0.3 is 15.1 Å². The molecule has 4 rings (SSSR count). The highest BCUT2D eigenvalue weighted by atomic mass is 19.1. The van der Waals surface area contributed by atoms with Crippen molar-refractivity contribution in [2.24, 2.45) is 0 Å². The molecule has 0 saturated heterocycles. The van der Waals surface area contributed by atoms with E-state index >= 15 is 0 Å². The van der Waals surface area contributed by atoms with Gasteiger partial charge in [-0.3, -0.25) is 9.59 Å². The molecule has 2 heterocycles. The van der Waals surface area contributed by atoms with Crippen LogP contribution in [0.1, 0.15) is 16.1 Å². The normalized spacial score (nSPS) is 10.7. The van der Waals surface area contributed by atoms with Crippen LogP contribution in [0.25, 0.3) is 17.1 Å². The van der Waals surface area contributed by atoms with Gasteiger partial charge in [0.05, 0.1) is 18.4 Å². The van der Waals surface area contributed by atoms with E-state index in [9.17, 15) is 14.0 Å². The number of para-hydroxylation sites is 1. The van der Waals surface area contributed by atoms with Gasteiger partial charge in [0.15, 0.2) is 5.76 Å². The Bertz CT molecular complexity index is 1200. The van der Waals surface area contributed by atoms with Crippen molar-refractivity contribution in [3.8, 4) is 17.1 Å². The third-order valence-electron chi connectivity index (χ3n) is 4.70. The van der Waals surface area contributed by atoms with Crippen LogP contribution in [-0.4, -0.2) is 34.7 Å². The maximum Gasteiger partial charge on any atom is 0.270 e. The average molecular weight is 432 g/mol. The molecule has 0 unspecified atom stereocenters. The van der Waals surface area contributed by atoms with E-state index in [1.807, 2.05) is 30.3 Å². The third-order valence-corrected chi connectivity index (χ3v) is 4.70.